The van der Waals surface area contributed by atoms with Crippen molar-refractivity contribution in [3.63, 3.8) is 0 Å². The Labute approximate surface area is 180 Å². The molecule has 2 heterocycles. The second-order valence-electron chi connectivity index (χ2n) is 7.89. The summed E-state index contributed by atoms with van der Waals surface area (Å²) in [6.45, 7) is 5.39. The Morgan fingerprint density at radius 3 is 2.57 bits per heavy atom. The second-order valence-corrected chi connectivity index (χ2v) is 8.32. The molecule has 1 atom stereocenters. The van der Waals surface area contributed by atoms with Crippen molar-refractivity contribution in [2.75, 3.05) is 13.1 Å². The largest absolute Gasteiger partial charge is 0.342 e. The predicted octanol–water partition coefficient (Wildman–Crippen LogP) is 4.26. The highest BCUT2D eigenvalue weighted by Gasteiger charge is 2.22. The van der Waals surface area contributed by atoms with Gasteiger partial charge in [0.2, 0.25) is 0 Å². The zero-order valence-corrected chi connectivity index (χ0v) is 18.2. The summed E-state index contributed by atoms with van der Waals surface area (Å²) in [7, 11) is 1.91. The van der Waals surface area contributed by atoms with Gasteiger partial charge in [0.15, 0.2) is 0 Å². The van der Waals surface area contributed by atoms with Crippen LogP contribution in [-0.2, 0) is 7.05 Å². The number of rotatable bonds is 4. The average Bonchev–Trinajstić information content (AvgIpc) is 3.36. The van der Waals surface area contributed by atoms with E-state index in [1.54, 1.807) is 24.3 Å². The van der Waals surface area contributed by atoms with Gasteiger partial charge in [0.05, 0.1) is 17.1 Å². The Hall–Kier alpha value is -2.86. The van der Waals surface area contributed by atoms with Crippen LogP contribution in [0, 0.1) is 6.92 Å². The number of hydrogen-bond acceptors (Lipinski definition) is 3. The van der Waals surface area contributed by atoms with Crippen LogP contribution in [0.1, 0.15) is 57.9 Å². The molecule has 1 unspecified atom stereocenters. The summed E-state index contributed by atoms with van der Waals surface area (Å²) >= 11 is 6.10. The van der Waals surface area contributed by atoms with Crippen molar-refractivity contribution in [2.24, 2.45) is 7.05 Å². The first-order valence-electron chi connectivity index (χ1n) is 10.2. The van der Waals surface area contributed by atoms with Gasteiger partial charge < -0.3 is 14.8 Å². The number of nitrogens with zero attached hydrogens (tertiary/aromatic N) is 3. The summed E-state index contributed by atoms with van der Waals surface area (Å²) in [4.78, 5) is 32.0. The predicted molar refractivity (Wildman–Crippen MR) is 118 cm³/mol. The first-order chi connectivity index (χ1) is 14.3. The van der Waals surface area contributed by atoms with Gasteiger partial charge in [-0.05, 0) is 68.7 Å². The zero-order valence-electron chi connectivity index (χ0n) is 17.4. The Kier molecular flexibility index (Phi) is 5.52. The molecule has 7 heteroatoms. The zero-order chi connectivity index (χ0) is 21.4. The molecule has 3 aromatic rings. The SMILES string of the molecule is Cc1cc(C(=O)NC(C)c2nc3ccc(Cl)cc3n2C)ccc1C(=O)N1CCCC1. The smallest absolute Gasteiger partial charge is 0.254 e. The average molecular weight is 425 g/mol. The van der Waals surface area contributed by atoms with Crippen LogP contribution in [0.15, 0.2) is 36.4 Å². The van der Waals surface area contributed by atoms with Crippen molar-refractivity contribution in [1.29, 1.82) is 0 Å². The number of carbonyl (C=O) groups is 2. The molecule has 1 N–H and O–H groups in total. The Balaban J connectivity index is 1.51. The molecule has 1 aliphatic rings. The number of fused-ring (bicyclic) bond motifs is 1. The molecule has 0 aliphatic carbocycles. The summed E-state index contributed by atoms with van der Waals surface area (Å²) in [5, 5.41) is 3.66. The summed E-state index contributed by atoms with van der Waals surface area (Å²) in [5.41, 5.74) is 3.75. The number of imidazole rings is 1. The van der Waals surface area contributed by atoms with E-state index in [2.05, 4.69) is 10.3 Å². The highest BCUT2D eigenvalue weighted by molar-refractivity contribution is 6.31. The van der Waals surface area contributed by atoms with Crippen molar-refractivity contribution in [2.45, 2.75) is 32.7 Å². The molecule has 0 saturated carbocycles. The minimum absolute atomic E-state index is 0.0451. The van der Waals surface area contributed by atoms with Gasteiger partial charge >= 0.3 is 0 Å². The fourth-order valence-electron chi connectivity index (χ4n) is 4.05. The van der Waals surface area contributed by atoms with E-state index in [1.165, 1.54) is 0 Å². The second kappa shape index (κ2) is 8.11. The Morgan fingerprint density at radius 1 is 1.13 bits per heavy atom. The van der Waals surface area contributed by atoms with E-state index in [0.717, 1.165) is 48.4 Å². The van der Waals surface area contributed by atoms with Crippen LogP contribution in [0.3, 0.4) is 0 Å². The minimum atomic E-state index is -0.292. The fourth-order valence-corrected chi connectivity index (χ4v) is 4.22. The molecule has 2 amide bonds. The number of benzene rings is 2. The van der Waals surface area contributed by atoms with Crippen molar-refractivity contribution in [3.05, 3.63) is 63.9 Å². The molecule has 1 fully saturated rings. The lowest BCUT2D eigenvalue weighted by atomic mass is 10.0. The van der Waals surface area contributed by atoms with Crippen LogP contribution in [0.25, 0.3) is 11.0 Å². The Bertz CT molecular complexity index is 1130. The number of halogens is 1. The van der Waals surface area contributed by atoms with Crippen molar-refractivity contribution < 1.29 is 9.59 Å². The van der Waals surface area contributed by atoms with Crippen molar-refractivity contribution in [3.8, 4) is 0 Å². The van der Waals surface area contributed by atoms with E-state index in [0.29, 0.717) is 16.1 Å². The van der Waals surface area contributed by atoms with E-state index in [4.69, 9.17) is 11.6 Å². The molecule has 2 aromatic carbocycles. The van der Waals surface area contributed by atoms with Crippen LogP contribution in [0.5, 0.6) is 0 Å². The monoisotopic (exact) mass is 424 g/mol. The summed E-state index contributed by atoms with van der Waals surface area (Å²) in [6.07, 6.45) is 2.11. The summed E-state index contributed by atoms with van der Waals surface area (Å²) in [6, 6.07) is 10.5. The lowest BCUT2D eigenvalue weighted by Gasteiger charge is -2.18. The van der Waals surface area contributed by atoms with Crippen molar-refractivity contribution in [1.82, 2.24) is 19.8 Å². The molecule has 1 aliphatic heterocycles. The minimum Gasteiger partial charge on any atom is -0.342 e. The molecule has 1 saturated heterocycles. The number of likely N-dealkylation sites (tertiary alicyclic amines) is 1. The molecule has 4 rings (SSSR count). The van der Waals surface area contributed by atoms with Gasteiger partial charge in [-0.15, -0.1) is 0 Å². The van der Waals surface area contributed by atoms with E-state index in [-0.39, 0.29) is 17.9 Å². The number of hydrogen-bond donors (Lipinski definition) is 1. The first kappa shape index (κ1) is 20.4. The molecular formula is C23H25ClN4O2. The number of nitrogens with one attached hydrogen (secondary N) is 1. The molecule has 1 aromatic heterocycles. The van der Waals surface area contributed by atoms with Crippen LogP contribution in [0.4, 0.5) is 0 Å². The fraction of sp³-hybridized carbons (Fsp3) is 0.348. The molecule has 0 bridgehead atoms. The summed E-state index contributed by atoms with van der Waals surface area (Å²) < 4.78 is 1.94. The number of amides is 2. The molecule has 30 heavy (non-hydrogen) atoms. The molecular weight excluding hydrogens is 400 g/mol. The standard InChI is InChI=1S/C23H25ClN4O2/c1-14-12-16(6-8-18(14)23(30)28-10-4-5-11-28)22(29)25-15(2)21-26-19-9-7-17(24)13-20(19)27(21)3/h6-9,12-13,15H,4-5,10-11H2,1-3H3,(H,25,29). The van der Waals surface area contributed by atoms with Gasteiger partial charge in [-0.25, -0.2) is 4.98 Å². The third-order valence-electron chi connectivity index (χ3n) is 5.72. The van der Waals surface area contributed by atoms with E-state index < -0.39 is 0 Å². The van der Waals surface area contributed by atoms with Crippen molar-refractivity contribution >= 4 is 34.4 Å². The van der Waals surface area contributed by atoms with E-state index in [1.807, 2.05) is 42.5 Å². The third kappa shape index (κ3) is 3.79. The third-order valence-corrected chi connectivity index (χ3v) is 5.96. The normalized spacial score (nSPS) is 14.9. The van der Waals surface area contributed by atoms with Crippen LogP contribution >= 0.6 is 11.6 Å². The van der Waals surface area contributed by atoms with E-state index in [9.17, 15) is 9.59 Å². The lowest BCUT2D eigenvalue weighted by molar-refractivity contribution is 0.0791. The van der Waals surface area contributed by atoms with Crippen LogP contribution in [-0.4, -0.2) is 39.4 Å². The van der Waals surface area contributed by atoms with Gasteiger partial charge in [0, 0.05) is 36.3 Å². The molecule has 0 radical (unpaired) electrons. The highest BCUT2D eigenvalue weighted by atomic mass is 35.5. The molecule has 0 spiro atoms. The summed E-state index contributed by atoms with van der Waals surface area (Å²) in [5.74, 6) is 0.595. The van der Waals surface area contributed by atoms with Gasteiger partial charge in [-0.2, -0.15) is 0 Å². The van der Waals surface area contributed by atoms with Crippen LogP contribution < -0.4 is 5.32 Å². The highest BCUT2D eigenvalue weighted by Crippen LogP contribution is 2.23. The topological polar surface area (TPSA) is 67.2 Å². The van der Waals surface area contributed by atoms with E-state index >= 15 is 0 Å². The molecule has 6 nitrogen and oxygen atoms in total. The maximum Gasteiger partial charge on any atom is 0.254 e. The Morgan fingerprint density at radius 2 is 1.87 bits per heavy atom. The molecule has 156 valence electrons. The van der Waals surface area contributed by atoms with Crippen LogP contribution in [0.2, 0.25) is 5.02 Å². The maximum atomic E-state index is 12.8. The van der Waals surface area contributed by atoms with Gasteiger partial charge in [0.25, 0.3) is 11.8 Å². The van der Waals surface area contributed by atoms with Gasteiger partial charge in [-0.3, -0.25) is 9.59 Å². The first-order valence-corrected chi connectivity index (χ1v) is 10.6. The lowest BCUT2D eigenvalue weighted by Crippen LogP contribution is -2.30. The number of aryl methyl sites for hydroxylation is 2. The quantitative estimate of drug-likeness (QED) is 0.680. The van der Waals surface area contributed by atoms with Gasteiger partial charge in [-0.1, -0.05) is 11.6 Å². The number of carbonyl (C=O) groups excluding carboxylic acids is 2. The maximum absolute atomic E-state index is 12.8. The number of aromatic nitrogens is 2. The van der Waals surface area contributed by atoms with Gasteiger partial charge in [0.1, 0.15) is 5.82 Å².